The van der Waals surface area contributed by atoms with Crippen molar-refractivity contribution in [3.63, 3.8) is 0 Å². The van der Waals surface area contributed by atoms with E-state index in [0.29, 0.717) is 42.1 Å². The van der Waals surface area contributed by atoms with Gasteiger partial charge in [0.25, 0.3) is 5.91 Å². The monoisotopic (exact) mass is 438 g/mol. The number of methoxy groups -OCH3 is 1. The predicted molar refractivity (Wildman–Crippen MR) is 124 cm³/mol. The van der Waals surface area contributed by atoms with Crippen LogP contribution >= 0.6 is 0 Å². The highest BCUT2D eigenvalue weighted by Gasteiger charge is 2.24. The number of hydrogen-bond acceptors (Lipinski definition) is 5. The molecule has 2 aromatic rings. The number of nitrogens with zero attached hydrogens (tertiary/aromatic N) is 1. The molecule has 2 aromatic carbocycles. The van der Waals surface area contributed by atoms with Crippen LogP contribution in [0.3, 0.4) is 0 Å². The Balaban J connectivity index is 1.51. The third kappa shape index (κ3) is 6.55. The molecule has 0 aliphatic carbocycles. The lowest BCUT2D eigenvalue weighted by Crippen LogP contribution is -2.43. The molecule has 0 bridgehead atoms. The molecule has 1 aliphatic rings. The van der Waals surface area contributed by atoms with Gasteiger partial charge in [0.15, 0.2) is 0 Å². The zero-order chi connectivity index (χ0) is 22.9. The standard InChI is InChI=1S/C24H30N4O4/c1-32-21-8-3-2-7-20(21)27-24(31)17-9-11-18(12-10-17)26-23(30)13-15-28-14-5-4-6-19(28)16-22(25)29/h2-3,7-12,19H,4-6,13-16H2,1H3,(H2,25,29)(H,26,30)(H,27,31). The molecule has 8 heteroatoms. The van der Waals surface area contributed by atoms with Gasteiger partial charge in [0.05, 0.1) is 12.8 Å². The second-order valence-electron chi connectivity index (χ2n) is 7.89. The molecule has 3 rings (SSSR count). The van der Waals surface area contributed by atoms with Gasteiger partial charge in [-0.15, -0.1) is 0 Å². The van der Waals surface area contributed by atoms with Crippen molar-refractivity contribution in [2.24, 2.45) is 5.73 Å². The third-order valence-electron chi connectivity index (χ3n) is 5.60. The van der Waals surface area contributed by atoms with E-state index in [4.69, 9.17) is 10.5 Å². The molecule has 0 spiro atoms. The van der Waals surface area contributed by atoms with Crippen molar-refractivity contribution < 1.29 is 19.1 Å². The van der Waals surface area contributed by atoms with E-state index in [1.165, 1.54) is 0 Å². The van der Waals surface area contributed by atoms with E-state index in [0.717, 1.165) is 25.8 Å². The Labute approximate surface area is 188 Å². The first-order chi connectivity index (χ1) is 15.5. The number of nitrogens with two attached hydrogens (primary N) is 1. The zero-order valence-corrected chi connectivity index (χ0v) is 18.3. The Kier molecular flexibility index (Phi) is 8.21. The van der Waals surface area contributed by atoms with Gasteiger partial charge in [0.1, 0.15) is 5.75 Å². The van der Waals surface area contributed by atoms with Gasteiger partial charge in [-0.25, -0.2) is 0 Å². The number of anilines is 2. The number of hydrogen-bond donors (Lipinski definition) is 3. The number of likely N-dealkylation sites (tertiary alicyclic amines) is 1. The summed E-state index contributed by atoms with van der Waals surface area (Å²) in [6.45, 7) is 1.46. The van der Waals surface area contributed by atoms with Crippen LogP contribution < -0.4 is 21.1 Å². The van der Waals surface area contributed by atoms with Gasteiger partial charge in [-0.2, -0.15) is 0 Å². The number of para-hydroxylation sites is 2. The van der Waals surface area contributed by atoms with E-state index in [9.17, 15) is 14.4 Å². The molecule has 3 amide bonds. The molecule has 8 nitrogen and oxygen atoms in total. The first-order valence-electron chi connectivity index (χ1n) is 10.8. The van der Waals surface area contributed by atoms with Crippen molar-refractivity contribution in [3.05, 3.63) is 54.1 Å². The summed E-state index contributed by atoms with van der Waals surface area (Å²) in [5, 5.41) is 5.68. The molecule has 1 fully saturated rings. The summed E-state index contributed by atoms with van der Waals surface area (Å²) in [4.78, 5) is 38.4. The first-order valence-corrected chi connectivity index (χ1v) is 10.8. The van der Waals surface area contributed by atoms with Crippen LogP contribution in [0.4, 0.5) is 11.4 Å². The zero-order valence-electron chi connectivity index (χ0n) is 18.3. The Bertz CT molecular complexity index is 945. The molecule has 32 heavy (non-hydrogen) atoms. The molecular weight excluding hydrogens is 408 g/mol. The third-order valence-corrected chi connectivity index (χ3v) is 5.60. The normalized spacial score (nSPS) is 16.2. The lowest BCUT2D eigenvalue weighted by molar-refractivity contribution is -0.119. The average molecular weight is 439 g/mol. The SMILES string of the molecule is COc1ccccc1NC(=O)c1ccc(NC(=O)CCN2CCCCC2CC(N)=O)cc1. The van der Waals surface area contributed by atoms with Crippen molar-refractivity contribution in [1.29, 1.82) is 0 Å². The van der Waals surface area contributed by atoms with Gasteiger partial charge < -0.3 is 21.1 Å². The number of rotatable bonds is 9. The Morgan fingerprint density at radius 3 is 2.53 bits per heavy atom. The van der Waals surface area contributed by atoms with Crippen LogP contribution in [-0.4, -0.2) is 48.9 Å². The summed E-state index contributed by atoms with van der Waals surface area (Å²) in [6.07, 6.45) is 3.74. The number of nitrogens with one attached hydrogen (secondary N) is 2. The topological polar surface area (TPSA) is 114 Å². The predicted octanol–water partition coefficient (Wildman–Crippen LogP) is 3.01. The number of carbonyl (C=O) groups excluding carboxylic acids is 3. The lowest BCUT2D eigenvalue weighted by atomic mass is 9.99. The van der Waals surface area contributed by atoms with Crippen LogP contribution in [0, 0.1) is 0 Å². The van der Waals surface area contributed by atoms with Crippen molar-refractivity contribution in [2.45, 2.75) is 38.1 Å². The fraction of sp³-hybridized carbons (Fsp3) is 0.375. The van der Waals surface area contributed by atoms with Gasteiger partial charge in [0, 0.05) is 36.7 Å². The van der Waals surface area contributed by atoms with Gasteiger partial charge in [0.2, 0.25) is 11.8 Å². The van der Waals surface area contributed by atoms with Crippen molar-refractivity contribution in [3.8, 4) is 5.75 Å². The van der Waals surface area contributed by atoms with E-state index < -0.39 is 0 Å². The lowest BCUT2D eigenvalue weighted by Gasteiger charge is -2.34. The molecule has 1 aliphatic heterocycles. The smallest absolute Gasteiger partial charge is 0.255 e. The maximum Gasteiger partial charge on any atom is 0.255 e. The summed E-state index contributed by atoms with van der Waals surface area (Å²) in [5.41, 5.74) is 7.03. The Morgan fingerprint density at radius 2 is 1.81 bits per heavy atom. The molecule has 0 radical (unpaired) electrons. The van der Waals surface area contributed by atoms with Crippen molar-refractivity contribution in [1.82, 2.24) is 4.90 Å². The van der Waals surface area contributed by atoms with Gasteiger partial charge in [-0.05, 0) is 55.8 Å². The minimum absolute atomic E-state index is 0.111. The highest BCUT2D eigenvalue weighted by atomic mass is 16.5. The maximum absolute atomic E-state index is 12.5. The molecular formula is C24H30N4O4. The van der Waals surface area contributed by atoms with E-state index in [2.05, 4.69) is 15.5 Å². The van der Waals surface area contributed by atoms with Gasteiger partial charge in [-0.1, -0.05) is 18.6 Å². The first kappa shape index (κ1) is 23.3. The molecule has 1 saturated heterocycles. The Morgan fingerprint density at radius 1 is 1.06 bits per heavy atom. The number of primary amides is 1. The Hall–Kier alpha value is -3.39. The van der Waals surface area contributed by atoms with Crippen LogP contribution in [0.25, 0.3) is 0 Å². The fourth-order valence-electron chi connectivity index (χ4n) is 3.93. The number of piperidine rings is 1. The minimum Gasteiger partial charge on any atom is -0.495 e. The van der Waals surface area contributed by atoms with E-state index >= 15 is 0 Å². The van der Waals surface area contributed by atoms with E-state index in [-0.39, 0.29) is 23.8 Å². The maximum atomic E-state index is 12.5. The summed E-state index contributed by atoms with van der Waals surface area (Å²) < 4.78 is 5.25. The van der Waals surface area contributed by atoms with Gasteiger partial charge in [-0.3, -0.25) is 19.3 Å². The molecule has 4 N–H and O–H groups in total. The summed E-state index contributed by atoms with van der Waals surface area (Å²) in [7, 11) is 1.55. The second-order valence-corrected chi connectivity index (χ2v) is 7.89. The van der Waals surface area contributed by atoms with Gasteiger partial charge >= 0.3 is 0 Å². The summed E-state index contributed by atoms with van der Waals surface area (Å²) in [5.74, 6) is -0.102. The fourth-order valence-corrected chi connectivity index (χ4v) is 3.93. The minimum atomic E-state index is -0.304. The van der Waals surface area contributed by atoms with Crippen LogP contribution in [0.1, 0.15) is 42.5 Å². The summed E-state index contributed by atoms with van der Waals surface area (Å²) >= 11 is 0. The second kappa shape index (κ2) is 11.3. The van der Waals surface area contributed by atoms with Crippen molar-refractivity contribution >= 4 is 29.1 Å². The molecule has 1 atom stereocenters. The van der Waals surface area contributed by atoms with Crippen LogP contribution in [0.5, 0.6) is 5.75 Å². The number of benzene rings is 2. The van der Waals surface area contributed by atoms with Crippen LogP contribution in [0.2, 0.25) is 0 Å². The highest BCUT2D eigenvalue weighted by molar-refractivity contribution is 6.05. The van der Waals surface area contributed by atoms with E-state index in [1.807, 2.05) is 12.1 Å². The quantitative estimate of drug-likeness (QED) is 0.557. The number of carbonyl (C=O) groups is 3. The number of ether oxygens (including phenoxy) is 1. The summed E-state index contributed by atoms with van der Waals surface area (Å²) in [6, 6.07) is 14.0. The molecule has 0 saturated carbocycles. The average Bonchev–Trinajstić information content (AvgIpc) is 2.79. The molecule has 170 valence electrons. The largest absolute Gasteiger partial charge is 0.495 e. The van der Waals surface area contributed by atoms with Crippen LogP contribution in [0.15, 0.2) is 48.5 Å². The molecule has 1 heterocycles. The molecule has 1 unspecified atom stereocenters. The van der Waals surface area contributed by atoms with E-state index in [1.54, 1.807) is 43.5 Å². The molecule has 0 aromatic heterocycles. The van der Waals surface area contributed by atoms with Crippen LogP contribution in [-0.2, 0) is 9.59 Å². The highest BCUT2D eigenvalue weighted by Crippen LogP contribution is 2.24. The number of amides is 3. The van der Waals surface area contributed by atoms with Crippen molar-refractivity contribution in [2.75, 3.05) is 30.8 Å².